The molecule has 176 valence electrons. The van der Waals surface area contributed by atoms with Gasteiger partial charge in [-0.2, -0.15) is 0 Å². The van der Waals surface area contributed by atoms with Crippen molar-refractivity contribution in [1.29, 1.82) is 0 Å². The Labute approximate surface area is 182 Å². The summed E-state index contributed by atoms with van der Waals surface area (Å²) >= 11 is 0. The Balaban J connectivity index is 1.95. The summed E-state index contributed by atoms with van der Waals surface area (Å²) in [5, 5.41) is 34.3. The van der Waals surface area contributed by atoms with Gasteiger partial charge in [0, 0.05) is 11.3 Å². The van der Waals surface area contributed by atoms with E-state index in [0.29, 0.717) is 0 Å². The van der Waals surface area contributed by atoms with Crippen LogP contribution in [0.15, 0.2) is 11.4 Å². The summed E-state index contributed by atoms with van der Waals surface area (Å²) in [6, 6.07) is 0. The molecule has 0 spiro atoms. The molecule has 7 atom stereocenters. The van der Waals surface area contributed by atoms with Gasteiger partial charge < -0.3 is 35.2 Å². The average molecular weight is 472 g/mol. The van der Waals surface area contributed by atoms with Crippen LogP contribution in [0.2, 0.25) is 0 Å². The fraction of sp³-hybridized carbons (Fsp3) is 0.688. The molecule has 3 heterocycles. The van der Waals surface area contributed by atoms with Gasteiger partial charge in [-0.1, -0.05) is 6.92 Å². The number of ether oxygens (including phenoxy) is 1. The highest BCUT2D eigenvalue weighted by atomic mass is 31.2. The third-order valence-electron chi connectivity index (χ3n) is 5.42. The molecule has 0 radical (unpaired) electrons. The highest BCUT2D eigenvalue weighted by molar-refractivity contribution is 7.53. The quantitative estimate of drug-likeness (QED) is 0.158. The van der Waals surface area contributed by atoms with Crippen molar-refractivity contribution in [3.05, 3.63) is 16.8 Å². The molecule has 2 aromatic rings. The Morgan fingerprint density at radius 1 is 1.47 bits per heavy atom. The van der Waals surface area contributed by atoms with Crippen LogP contribution in [0.3, 0.4) is 0 Å². The van der Waals surface area contributed by atoms with Gasteiger partial charge in [0.05, 0.1) is 11.7 Å². The minimum absolute atomic E-state index is 0.0107. The van der Waals surface area contributed by atoms with E-state index in [2.05, 4.69) is 25.0 Å². The van der Waals surface area contributed by atoms with Crippen LogP contribution in [-0.2, 0) is 13.8 Å². The molecular weight excluding hydrogens is 447 g/mol. The van der Waals surface area contributed by atoms with Crippen molar-refractivity contribution in [2.75, 3.05) is 5.73 Å². The molecule has 15 nitrogen and oxygen atoms in total. The maximum Gasteiger partial charge on any atom is 0.356 e. The average Bonchev–Trinajstić information content (AvgIpc) is 3.21. The topological polar surface area (TPSA) is 235 Å². The molecule has 0 aliphatic carbocycles. The summed E-state index contributed by atoms with van der Waals surface area (Å²) < 4.78 is 24.6. The number of hydrogen-bond acceptors (Lipinski definition) is 11. The molecule has 1 aliphatic rings. The molecule has 3 unspecified atom stereocenters. The number of aromatic nitrogens is 4. The van der Waals surface area contributed by atoms with Crippen LogP contribution in [0.4, 0.5) is 11.8 Å². The van der Waals surface area contributed by atoms with Crippen LogP contribution >= 0.6 is 7.60 Å². The molecule has 1 fully saturated rings. The van der Waals surface area contributed by atoms with Gasteiger partial charge >= 0.3 is 7.60 Å². The molecular formula is C16H25N8O7P. The molecule has 32 heavy (non-hydrogen) atoms. The zero-order valence-corrected chi connectivity index (χ0v) is 18.4. The molecule has 0 saturated carbocycles. The van der Waals surface area contributed by atoms with Crippen molar-refractivity contribution in [1.82, 2.24) is 19.5 Å². The predicted octanol–water partition coefficient (Wildman–Crippen LogP) is 1.07. The van der Waals surface area contributed by atoms with Gasteiger partial charge in [0.25, 0.3) is 0 Å². The highest BCUT2D eigenvalue weighted by Crippen LogP contribution is 2.52. The maximum atomic E-state index is 12.2. The Kier molecular flexibility index (Phi) is 6.75. The first-order chi connectivity index (χ1) is 14.9. The number of hydrogen-bond donors (Lipinski definition) is 5. The molecule has 6 N–H and O–H groups in total. The SMILES string of the molecule is CCC(C)(C[C@H]1OC(n2c(N=[N+]=[N-])nc3c(N)ncnc32)[C@H](O)[C@@H]1O)OP(=O)(O)[C@@H](C)O. The van der Waals surface area contributed by atoms with Crippen molar-refractivity contribution in [2.24, 2.45) is 5.11 Å². The highest BCUT2D eigenvalue weighted by Gasteiger charge is 2.49. The van der Waals surface area contributed by atoms with Gasteiger partial charge in [-0.25, -0.2) is 15.0 Å². The maximum absolute atomic E-state index is 12.2. The first kappa shape index (κ1) is 24.3. The Morgan fingerprint density at radius 3 is 2.75 bits per heavy atom. The number of fused-ring (bicyclic) bond motifs is 1. The van der Waals surface area contributed by atoms with Crippen LogP contribution in [0, 0.1) is 0 Å². The molecule has 2 aromatic heterocycles. The second-order valence-electron chi connectivity index (χ2n) is 7.74. The normalized spacial score (nSPS) is 28.1. The number of rotatable bonds is 8. The second kappa shape index (κ2) is 8.89. The van der Waals surface area contributed by atoms with E-state index >= 15 is 0 Å². The van der Waals surface area contributed by atoms with Crippen LogP contribution in [0.1, 0.15) is 39.8 Å². The van der Waals surface area contributed by atoms with Gasteiger partial charge in [0.15, 0.2) is 29.1 Å². The first-order valence-corrected chi connectivity index (χ1v) is 11.3. The zero-order chi connectivity index (χ0) is 23.8. The number of nitrogen functional groups attached to an aromatic ring is 1. The van der Waals surface area contributed by atoms with E-state index in [-0.39, 0.29) is 35.8 Å². The predicted molar refractivity (Wildman–Crippen MR) is 110 cm³/mol. The third kappa shape index (κ3) is 4.42. The lowest BCUT2D eigenvalue weighted by Crippen LogP contribution is -2.38. The molecule has 1 saturated heterocycles. The van der Waals surface area contributed by atoms with Crippen molar-refractivity contribution in [3.8, 4) is 0 Å². The number of nitrogens with zero attached hydrogens (tertiary/aromatic N) is 7. The summed E-state index contributed by atoms with van der Waals surface area (Å²) in [6.45, 7) is 4.35. The van der Waals surface area contributed by atoms with Gasteiger partial charge in [-0.3, -0.25) is 9.13 Å². The lowest BCUT2D eigenvalue weighted by molar-refractivity contribution is -0.0660. The lowest BCUT2D eigenvalue weighted by atomic mass is 9.93. The van der Waals surface area contributed by atoms with Crippen molar-refractivity contribution in [3.63, 3.8) is 0 Å². The largest absolute Gasteiger partial charge is 0.388 e. The summed E-state index contributed by atoms with van der Waals surface area (Å²) in [5.74, 6) is -1.82. The van der Waals surface area contributed by atoms with Crippen LogP contribution in [0.25, 0.3) is 21.6 Å². The van der Waals surface area contributed by atoms with Gasteiger partial charge in [-0.05, 0) is 30.9 Å². The summed E-state index contributed by atoms with van der Waals surface area (Å²) in [7, 11) is -4.36. The lowest BCUT2D eigenvalue weighted by Gasteiger charge is -2.34. The van der Waals surface area contributed by atoms with E-state index in [1.165, 1.54) is 11.5 Å². The third-order valence-corrected chi connectivity index (χ3v) is 7.06. The Hall–Kier alpha value is -2.35. The number of aliphatic hydroxyl groups is 3. The van der Waals surface area contributed by atoms with E-state index in [0.717, 1.165) is 13.3 Å². The van der Waals surface area contributed by atoms with Crippen LogP contribution < -0.4 is 5.73 Å². The molecule has 1 aliphatic heterocycles. The summed E-state index contributed by atoms with van der Waals surface area (Å²) in [6.07, 6.45) is -3.97. The van der Waals surface area contributed by atoms with Crippen molar-refractivity contribution in [2.45, 2.75) is 69.6 Å². The molecule has 0 bridgehead atoms. The molecule has 16 heteroatoms. The van der Waals surface area contributed by atoms with E-state index in [1.807, 2.05) is 0 Å². The first-order valence-electron chi connectivity index (χ1n) is 9.70. The van der Waals surface area contributed by atoms with Crippen LogP contribution in [0.5, 0.6) is 0 Å². The smallest absolute Gasteiger partial charge is 0.356 e. The van der Waals surface area contributed by atoms with E-state index in [9.17, 15) is 24.8 Å². The number of anilines is 1. The number of nitrogens with two attached hydrogens (primary N) is 1. The van der Waals surface area contributed by atoms with E-state index in [1.54, 1.807) is 6.92 Å². The number of azide groups is 1. The Bertz CT molecular complexity index is 1090. The molecule has 0 aromatic carbocycles. The zero-order valence-electron chi connectivity index (χ0n) is 17.5. The van der Waals surface area contributed by atoms with Crippen molar-refractivity contribution < 1.29 is 34.0 Å². The standard InChI is InChI=1S/C16H25N8O7P/c1-4-16(3,31-32(28,29)7(2)25)5-8-10(26)11(27)14(30-8)24-13-9(12(17)19-6-20-13)21-15(24)22-23-18/h6-8,10-11,14,25-27H,4-5H2,1-3H3,(H,28,29)(H2,17,19,20)/t7-,8+,10+,11+,14?,16?/m0/s1. The monoisotopic (exact) mass is 472 g/mol. The summed E-state index contributed by atoms with van der Waals surface area (Å²) in [4.78, 5) is 24.6. The second-order valence-corrected chi connectivity index (χ2v) is 9.80. The van der Waals surface area contributed by atoms with E-state index in [4.69, 9.17) is 20.5 Å². The number of imidazole rings is 1. The molecule has 3 rings (SSSR count). The minimum atomic E-state index is -4.36. The van der Waals surface area contributed by atoms with Crippen molar-refractivity contribution >= 4 is 30.5 Å². The van der Waals surface area contributed by atoms with Gasteiger partial charge in [0.2, 0.25) is 5.95 Å². The number of aliphatic hydroxyl groups excluding tert-OH is 3. The fourth-order valence-corrected chi connectivity index (χ4v) is 4.42. The summed E-state index contributed by atoms with van der Waals surface area (Å²) in [5.41, 5.74) is 13.6. The Morgan fingerprint density at radius 2 is 2.16 bits per heavy atom. The van der Waals surface area contributed by atoms with Gasteiger partial charge in [0.1, 0.15) is 18.5 Å². The minimum Gasteiger partial charge on any atom is -0.388 e. The fourth-order valence-electron chi connectivity index (χ4n) is 3.43. The van der Waals surface area contributed by atoms with Gasteiger partial charge in [-0.15, -0.1) is 0 Å². The molecule has 0 amide bonds. The van der Waals surface area contributed by atoms with Crippen LogP contribution in [-0.4, -0.2) is 69.5 Å². The van der Waals surface area contributed by atoms with E-state index < -0.39 is 43.6 Å².